The first-order valence-electron chi connectivity index (χ1n) is 3.62. The van der Waals surface area contributed by atoms with E-state index in [0.29, 0.717) is 17.0 Å². The molecule has 1 rings (SSSR count). The smallest absolute Gasteiger partial charge is 0.142 e. The average Bonchev–Trinajstić information content (AvgIpc) is 1.94. The minimum absolute atomic E-state index is 0.381. The van der Waals surface area contributed by atoms with Gasteiger partial charge in [0.15, 0.2) is 0 Å². The van der Waals surface area contributed by atoms with Crippen LogP contribution in [0.3, 0.4) is 0 Å². The first-order chi connectivity index (χ1) is 5.11. The van der Waals surface area contributed by atoms with Gasteiger partial charge in [-0.25, -0.2) is 0 Å². The molecule has 4 radical (unpaired) electrons. The van der Waals surface area contributed by atoms with Gasteiger partial charge in [-0.3, -0.25) is 4.98 Å². The van der Waals surface area contributed by atoms with Crippen molar-refractivity contribution in [3.63, 3.8) is 0 Å². The lowest BCUT2D eigenvalue weighted by Gasteiger charge is -2.09. The van der Waals surface area contributed by atoms with Gasteiger partial charge in [0.05, 0.1) is 0 Å². The van der Waals surface area contributed by atoms with E-state index in [2.05, 4.69) is 18.8 Å². The Kier molecular flexibility index (Phi) is 2.38. The first kappa shape index (κ1) is 8.38. The van der Waals surface area contributed by atoms with E-state index in [4.69, 9.17) is 15.7 Å². The quantitative estimate of drug-likeness (QED) is 0.493. The molecule has 0 aromatic carbocycles. The Bertz CT molecular complexity index is 258. The first-order valence-corrected chi connectivity index (χ1v) is 3.62. The Morgan fingerprint density at radius 2 is 2.00 bits per heavy atom. The number of rotatable bonds is 1. The summed E-state index contributed by atoms with van der Waals surface area (Å²) in [5.74, 6) is 0.381. The molecule has 1 nitrogen and oxygen atoms in total. The van der Waals surface area contributed by atoms with Gasteiger partial charge in [0.2, 0.25) is 0 Å². The molecule has 0 saturated heterocycles. The van der Waals surface area contributed by atoms with Crippen LogP contribution in [0.2, 0.25) is 0 Å². The van der Waals surface area contributed by atoms with Crippen LogP contribution in [0.5, 0.6) is 0 Å². The second kappa shape index (κ2) is 3.12. The van der Waals surface area contributed by atoms with Crippen LogP contribution < -0.4 is 11.1 Å². The monoisotopic (exact) mass is 141 g/mol. The number of pyridine rings is 1. The summed E-state index contributed by atoms with van der Waals surface area (Å²) in [4.78, 5) is 3.95. The lowest BCUT2D eigenvalue weighted by atomic mass is 9.86. The molecule has 0 aliphatic heterocycles. The van der Waals surface area contributed by atoms with Crippen LogP contribution in [0.4, 0.5) is 0 Å². The van der Waals surface area contributed by atoms with Crippen LogP contribution in [0, 0.1) is 0 Å². The van der Waals surface area contributed by atoms with E-state index in [0.717, 1.165) is 5.56 Å². The van der Waals surface area contributed by atoms with E-state index >= 15 is 0 Å². The molecule has 11 heavy (non-hydrogen) atoms. The van der Waals surface area contributed by atoms with Crippen molar-refractivity contribution in [2.24, 2.45) is 0 Å². The molecule has 0 amide bonds. The molecule has 0 aliphatic carbocycles. The number of hydrogen-bond acceptors (Lipinski definition) is 1. The van der Waals surface area contributed by atoms with Gasteiger partial charge in [-0.05, 0) is 17.1 Å². The van der Waals surface area contributed by atoms with Crippen molar-refractivity contribution in [1.82, 2.24) is 4.98 Å². The maximum absolute atomic E-state index is 5.62. The van der Waals surface area contributed by atoms with Crippen LogP contribution >= 0.6 is 0 Å². The van der Waals surface area contributed by atoms with E-state index < -0.39 is 0 Å². The average molecular weight is 141 g/mol. The van der Waals surface area contributed by atoms with Crippen LogP contribution in [-0.4, -0.2) is 20.7 Å². The highest BCUT2D eigenvalue weighted by Gasteiger charge is 2.02. The highest BCUT2D eigenvalue weighted by Crippen LogP contribution is 2.07. The van der Waals surface area contributed by atoms with Gasteiger partial charge < -0.3 is 0 Å². The fraction of sp³-hybridized carbons (Fsp3) is 0.375. The van der Waals surface area contributed by atoms with Crippen molar-refractivity contribution in [2.75, 3.05) is 0 Å². The normalized spacial score (nSPS) is 10.5. The molecule has 0 bridgehead atoms. The van der Waals surface area contributed by atoms with E-state index in [1.54, 1.807) is 6.20 Å². The zero-order valence-corrected chi connectivity index (χ0v) is 6.83. The molecule has 1 heterocycles. The zero-order chi connectivity index (χ0) is 8.43. The number of aromatic nitrogens is 1. The number of nitrogens with zero attached hydrogens (tertiary/aromatic N) is 1. The highest BCUT2D eigenvalue weighted by atomic mass is 14.6. The molecule has 1 aromatic rings. The van der Waals surface area contributed by atoms with Crippen LogP contribution in [0.1, 0.15) is 25.3 Å². The van der Waals surface area contributed by atoms with Gasteiger partial charge in [0, 0.05) is 6.20 Å². The number of hydrogen-bond donors (Lipinski definition) is 0. The third-order valence-electron chi connectivity index (χ3n) is 1.59. The molecule has 0 spiro atoms. The lowest BCUT2D eigenvalue weighted by molar-refractivity contribution is 0.869. The van der Waals surface area contributed by atoms with Gasteiger partial charge in [0.1, 0.15) is 15.7 Å². The molecule has 0 aliphatic rings. The van der Waals surface area contributed by atoms with Crippen LogP contribution in [0.15, 0.2) is 12.3 Å². The zero-order valence-electron chi connectivity index (χ0n) is 6.83. The molecule has 3 heteroatoms. The molecule has 0 saturated carbocycles. The van der Waals surface area contributed by atoms with E-state index in [1.807, 2.05) is 6.07 Å². The fourth-order valence-electron chi connectivity index (χ4n) is 0.972. The summed E-state index contributed by atoms with van der Waals surface area (Å²) in [5.41, 5.74) is 2.27. The molecule has 0 fully saturated rings. The van der Waals surface area contributed by atoms with Crippen molar-refractivity contribution in [3.8, 4) is 0 Å². The standard InChI is InChI=1S/C8H9B2N/c1-5(2)7-3-6(9)4-11-8(7)10/h3-5H,1-2H3. The van der Waals surface area contributed by atoms with Crippen molar-refractivity contribution >= 4 is 26.7 Å². The fourth-order valence-corrected chi connectivity index (χ4v) is 0.972. The molecule has 0 N–H and O–H groups in total. The van der Waals surface area contributed by atoms with E-state index in [9.17, 15) is 0 Å². The Balaban J connectivity index is 3.13. The molecule has 1 aromatic heterocycles. The van der Waals surface area contributed by atoms with E-state index in [1.165, 1.54) is 0 Å². The van der Waals surface area contributed by atoms with Gasteiger partial charge in [-0.1, -0.05) is 25.4 Å². The Morgan fingerprint density at radius 3 is 2.45 bits per heavy atom. The maximum Gasteiger partial charge on any atom is 0.142 e. The van der Waals surface area contributed by atoms with E-state index in [-0.39, 0.29) is 0 Å². The molecule has 0 atom stereocenters. The lowest BCUT2D eigenvalue weighted by Crippen LogP contribution is -2.21. The summed E-state index contributed by atoms with van der Waals surface area (Å²) in [6.07, 6.45) is 1.57. The summed E-state index contributed by atoms with van der Waals surface area (Å²) in [6.45, 7) is 4.12. The van der Waals surface area contributed by atoms with Gasteiger partial charge in [-0.2, -0.15) is 0 Å². The minimum atomic E-state index is 0.381. The summed E-state index contributed by atoms with van der Waals surface area (Å²) >= 11 is 0. The molecule has 0 unspecified atom stereocenters. The summed E-state index contributed by atoms with van der Waals surface area (Å²) in [7, 11) is 11.2. The van der Waals surface area contributed by atoms with Crippen LogP contribution in [0.25, 0.3) is 0 Å². The summed E-state index contributed by atoms with van der Waals surface area (Å²) < 4.78 is 0. The van der Waals surface area contributed by atoms with Crippen molar-refractivity contribution in [1.29, 1.82) is 0 Å². The molecule has 52 valence electrons. The molecular weight excluding hydrogens is 132 g/mol. The summed E-state index contributed by atoms with van der Waals surface area (Å²) in [5, 5.41) is 0. The Labute approximate surface area is 70.0 Å². The third-order valence-corrected chi connectivity index (χ3v) is 1.59. The predicted molar refractivity (Wildman–Crippen MR) is 49.1 cm³/mol. The SMILES string of the molecule is [B]c1cnc([B])c(C(C)C)c1. The highest BCUT2D eigenvalue weighted by molar-refractivity contribution is 6.34. The summed E-state index contributed by atoms with van der Waals surface area (Å²) in [6, 6.07) is 1.87. The third kappa shape index (κ3) is 1.86. The Hall–Kier alpha value is -0.720. The largest absolute Gasteiger partial charge is 0.273 e. The van der Waals surface area contributed by atoms with Crippen molar-refractivity contribution in [3.05, 3.63) is 17.8 Å². The predicted octanol–water partition coefficient (Wildman–Crippen LogP) is -0.207. The van der Waals surface area contributed by atoms with Gasteiger partial charge in [-0.15, -0.1) is 0 Å². The molecular formula is C8H9B2N. The minimum Gasteiger partial charge on any atom is -0.273 e. The van der Waals surface area contributed by atoms with Crippen LogP contribution in [-0.2, 0) is 0 Å². The van der Waals surface area contributed by atoms with Gasteiger partial charge in [0.25, 0.3) is 0 Å². The van der Waals surface area contributed by atoms with Gasteiger partial charge >= 0.3 is 0 Å². The second-order valence-electron chi connectivity index (χ2n) is 2.90. The van der Waals surface area contributed by atoms with Crippen molar-refractivity contribution in [2.45, 2.75) is 19.8 Å². The maximum atomic E-state index is 5.62. The second-order valence-corrected chi connectivity index (χ2v) is 2.90. The topological polar surface area (TPSA) is 12.9 Å². The Morgan fingerprint density at radius 1 is 1.36 bits per heavy atom. The van der Waals surface area contributed by atoms with Crippen molar-refractivity contribution < 1.29 is 0 Å².